The molecule has 1 unspecified atom stereocenters. The van der Waals surface area contributed by atoms with Crippen LogP contribution in [0.1, 0.15) is 26.2 Å². The number of methoxy groups -OCH3 is 1. The van der Waals surface area contributed by atoms with Gasteiger partial charge in [0.2, 0.25) is 0 Å². The average Bonchev–Trinajstić information content (AvgIpc) is 2.21. The van der Waals surface area contributed by atoms with Crippen LogP contribution < -0.4 is 5.32 Å². The normalized spacial score (nSPS) is 12.5. The van der Waals surface area contributed by atoms with Crippen molar-refractivity contribution >= 4 is 17.7 Å². The number of hydrogen-bond donors (Lipinski definition) is 1. The van der Waals surface area contributed by atoms with Gasteiger partial charge in [0.05, 0.1) is 7.11 Å². The van der Waals surface area contributed by atoms with Gasteiger partial charge in [-0.15, -0.1) is 0 Å². The molecule has 0 spiro atoms. The van der Waals surface area contributed by atoms with Crippen molar-refractivity contribution in [2.24, 2.45) is 0 Å². The summed E-state index contributed by atoms with van der Waals surface area (Å²) in [5.74, 6) is 1.04. The Morgan fingerprint density at radius 1 is 1.43 bits per heavy atom. The molecule has 0 heterocycles. The summed E-state index contributed by atoms with van der Waals surface area (Å²) in [4.78, 5) is 11.0. The minimum atomic E-state index is -0.186. The van der Waals surface area contributed by atoms with Crippen molar-refractivity contribution in [1.82, 2.24) is 5.32 Å². The van der Waals surface area contributed by atoms with Crippen molar-refractivity contribution in [2.75, 3.05) is 25.7 Å². The molecule has 0 aromatic carbocycles. The Morgan fingerprint density at radius 3 is 2.71 bits per heavy atom. The molecule has 0 bridgehead atoms. The maximum atomic E-state index is 11.0. The van der Waals surface area contributed by atoms with Crippen LogP contribution in [0.25, 0.3) is 0 Å². The Bertz CT molecular complexity index is 153. The Morgan fingerprint density at radius 2 is 2.14 bits per heavy atom. The van der Waals surface area contributed by atoms with Crippen molar-refractivity contribution in [3.63, 3.8) is 0 Å². The van der Waals surface area contributed by atoms with Gasteiger partial charge in [-0.1, -0.05) is 6.42 Å². The van der Waals surface area contributed by atoms with E-state index in [1.54, 1.807) is 0 Å². The third-order valence-corrected chi connectivity index (χ3v) is 2.73. The Kier molecular flexibility index (Phi) is 9.19. The number of unbranched alkanes of at least 4 members (excludes halogenated alkanes) is 2. The molecular formula is C10H21NO2S. The zero-order valence-corrected chi connectivity index (χ0v) is 10.2. The molecule has 0 rings (SSSR count). The van der Waals surface area contributed by atoms with E-state index >= 15 is 0 Å². The zero-order valence-electron chi connectivity index (χ0n) is 9.34. The van der Waals surface area contributed by atoms with Gasteiger partial charge < -0.3 is 10.1 Å². The van der Waals surface area contributed by atoms with E-state index in [1.165, 1.54) is 25.7 Å². The number of nitrogens with one attached hydrogen (secondary N) is 1. The summed E-state index contributed by atoms with van der Waals surface area (Å²) >= 11 is 1.88. The van der Waals surface area contributed by atoms with E-state index in [9.17, 15) is 4.79 Å². The number of carbonyl (C=O) groups excluding carboxylic acids is 1. The first-order valence-electron chi connectivity index (χ1n) is 5.02. The molecule has 0 aliphatic rings. The summed E-state index contributed by atoms with van der Waals surface area (Å²) in [6.07, 6.45) is 5.73. The predicted octanol–water partition coefficient (Wildman–Crippen LogP) is 1.67. The molecule has 0 amide bonds. The van der Waals surface area contributed by atoms with Crippen molar-refractivity contribution in [3.8, 4) is 0 Å². The van der Waals surface area contributed by atoms with Crippen LogP contribution in [0, 0.1) is 0 Å². The molecule has 3 nitrogen and oxygen atoms in total. The molecule has 0 aromatic heterocycles. The Labute approximate surface area is 91.0 Å². The third kappa shape index (κ3) is 7.21. The molecule has 0 aliphatic carbocycles. The van der Waals surface area contributed by atoms with E-state index < -0.39 is 0 Å². The van der Waals surface area contributed by atoms with Crippen molar-refractivity contribution in [3.05, 3.63) is 0 Å². The molecule has 1 atom stereocenters. The Hall–Kier alpha value is -0.220. The lowest BCUT2D eigenvalue weighted by Crippen LogP contribution is -2.35. The van der Waals surface area contributed by atoms with E-state index in [1.807, 2.05) is 18.7 Å². The molecule has 0 saturated heterocycles. The number of carbonyl (C=O) groups is 1. The van der Waals surface area contributed by atoms with Gasteiger partial charge in [0, 0.05) is 0 Å². The van der Waals surface area contributed by atoms with Crippen LogP contribution in [-0.4, -0.2) is 37.7 Å². The third-order valence-electron chi connectivity index (χ3n) is 2.03. The molecule has 1 N–H and O–H groups in total. The Balaban J connectivity index is 3.23. The summed E-state index contributed by atoms with van der Waals surface area (Å²) in [6.45, 7) is 2.72. The van der Waals surface area contributed by atoms with Crippen molar-refractivity contribution in [2.45, 2.75) is 32.2 Å². The van der Waals surface area contributed by atoms with Gasteiger partial charge in [-0.05, 0) is 38.3 Å². The molecule has 14 heavy (non-hydrogen) atoms. The van der Waals surface area contributed by atoms with Gasteiger partial charge in [-0.2, -0.15) is 11.8 Å². The number of rotatable bonds is 8. The fourth-order valence-corrected chi connectivity index (χ4v) is 1.62. The summed E-state index contributed by atoms with van der Waals surface area (Å²) < 4.78 is 4.60. The first-order chi connectivity index (χ1) is 6.72. The molecule has 0 radical (unpaired) electrons. The average molecular weight is 219 g/mol. The highest BCUT2D eigenvalue weighted by molar-refractivity contribution is 7.98. The summed E-state index contributed by atoms with van der Waals surface area (Å²) in [6, 6.07) is -0.180. The first kappa shape index (κ1) is 13.8. The van der Waals surface area contributed by atoms with E-state index in [-0.39, 0.29) is 12.0 Å². The summed E-state index contributed by atoms with van der Waals surface area (Å²) in [7, 11) is 1.42. The lowest BCUT2D eigenvalue weighted by molar-refractivity contribution is -0.142. The van der Waals surface area contributed by atoms with Crippen LogP contribution in [0.5, 0.6) is 0 Å². The van der Waals surface area contributed by atoms with Gasteiger partial charge in [0.25, 0.3) is 0 Å². The van der Waals surface area contributed by atoms with Gasteiger partial charge in [-0.25, -0.2) is 0 Å². The van der Waals surface area contributed by atoms with Crippen LogP contribution in [0.2, 0.25) is 0 Å². The van der Waals surface area contributed by atoms with E-state index in [0.29, 0.717) is 0 Å². The van der Waals surface area contributed by atoms with Gasteiger partial charge in [0.1, 0.15) is 6.04 Å². The second-order valence-electron chi connectivity index (χ2n) is 3.25. The highest BCUT2D eigenvalue weighted by Crippen LogP contribution is 2.01. The second kappa shape index (κ2) is 9.34. The van der Waals surface area contributed by atoms with Crippen LogP contribution in [0.3, 0.4) is 0 Å². The zero-order chi connectivity index (χ0) is 10.8. The van der Waals surface area contributed by atoms with Crippen molar-refractivity contribution in [1.29, 1.82) is 0 Å². The van der Waals surface area contributed by atoms with Gasteiger partial charge >= 0.3 is 5.97 Å². The molecule has 84 valence electrons. The minimum Gasteiger partial charge on any atom is -0.468 e. The summed E-state index contributed by atoms with van der Waals surface area (Å²) in [5.41, 5.74) is 0. The number of thioether (sulfide) groups is 1. The standard InChI is InChI=1S/C10H21NO2S/c1-9(10(12)13-2)11-7-5-4-6-8-14-3/h9,11H,4-8H2,1-3H3. The maximum absolute atomic E-state index is 11.0. The molecule has 0 fully saturated rings. The summed E-state index contributed by atoms with van der Waals surface area (Å²) in [5, 5.41) is 3.13. The minimum absolute atomic E-state index is 0.180. The number of hydrogen-bond acceptors (Lipinski definition) is 4. The predicted molar refractivity (Wildman–Crippen MR) is 61.7 cm³/mol. The quantitative estimate of drug-likeness (QED) is 0.498. The lowest BCUT2D eigenvalue weighted by Gasteiger charge is -2.10. The number of esters is 1. The molecule has 0 aliphatic heterocycles. The van der Waals surface area contributed by atoms with Crippen LogP contribution in [0.4, 0.5) is 0 Å². The van der Waals surface area contributed by atoms with Crippen LogP contribution in [-0.2, 0) is 9.53 Å². The largest absolute Gasteiger partial charge is 0.468 e. The molecule has 0 aromatic rings. The van der Waals surface area contributed by atoms with Gasteiger partial charge in [0.15, 0.2) is 0 Å². The fraction of sp³-hybridized carbons (Fsp3) is 0.900. The van der Waals surface area contributed by atoms with Gasteiger partial charge in [-0.3, -0.25) is 4.79 Å². The first-order valence-corrected chi connectivity index (χ1v) is 6.42. The molecule has 4 heteroatoms. The van der Waals surface area contributed by atoms with Crippen molar-refractivity contribution < 1.29 is 9.53 Å². The smallest absolute Gasteiger partial charge is 0.322 e. The topological polar surface area (TPSA) is 38.3 Å². The highest BCUT2D eigenvalue weighted by atomic mass is 32.2. The van der Waals surface area contributed by atoms with Crippen LogP contribution >= 0.6 is 11.8 Å². The van der Waals surface area contributed by atoms with Crippen LogP contribution in [0.15, 0.2) is 0 Å². The second-order valence-corrected chi connectivity index (χ2v) is 4.24. The lowest BCUT2D eigenvalue weighted by atomic mass is 10.2. The fourth-order valence-electron chi connectivity index (χ4n) is 1.13. The van der Waals surface area contributed by atoms with E-state index in [4.69, 9.17) is 0 Å². The monoisotopic (exact) mass is 219 g/mol. The maximum Gasteiger partial charge on any atom is 0.322 e. The SMILES string of the molecule is COC(=O)C(C)NCCCCCSC. The molecule has 0 saturated carbocycles. The highest BCUT2D eigenvalue weighted by Gasteiger charge is 2.10. The van der Waals surface area contributed by atoms with E-state index in [0.717, 1.165) is 13.0 Å². The number of ether oxygens (including phenoxy) is 1. The van der Waals surface area contributed by atoms with E-state index in [2.05, 4.69) is 16.3 Å². The molecular weight excluding hydrogens is 198 g/mol.